The van der Waals surface area contributed by atoms with Crippen LogP contribution in [0.3, 0.4) is 0 Å². The molecule has 0 saturated carbocycles. The minimum absolute atomic E-state index is 0.0141. The third-order valence-electron chi connectivity index (χ3n) is 1.98. The smallest absolute Gasteiger partial charge is 0.417 e. The summed E-state index contributed by atoms with van der Waals surface area (Å²) in [5, 5.41) is -0.0141. The third kappa shape index (κ3) is 6.97. The van der Waals surface area contributed by atoms with Crippen LogP contribution in [0.5, 0.6) is 0 Å². The Kier molecular flexibility index (Phi) is 7.40. The maximum absolute atomic E-state index is 11.9. The quantitative estimate of drug-likeness (QED) is 0.853. The number of carbonyl (C=O) groups excluding carboxylic acids is 1. The van der Waals surface area contributed by atoms with Gasteiger partial charge in [-0.25, -0.2) is 0 Å². The van der Waals surface area contributed by atoms with Gasteiger partial charge in [0.15, 0.2) is 0 Å². The zero-order chi connectivity index (χ0) is 15.1. The van der Waals surface area contributed by atoms with Gasteiger partial charge in [0, 0.05) is 12.4 Å². The summed E-state index contributed by atoms with van der Waals surface area (Å²) in [7, 11) is 1.33. The number of aromatic nitrogens is 1. The van der Waals surface area contributed by atoms with Crippen molar-refractivity contribution in [2.45, 2.75) is 25.6 Å². The second kappa shape index (κ2) is 7.96. The van der Waals surface area contributed by atoms with Crippen molar-refractivity contribution in [1.29, 1.82) is 0 Å². The summed E-state index contributed by atoms with van der Waals surface area (Å²) < 4.78 is 39.9. The minimum atomic E-state index is -4.36. The summed E-state index contributed by atoms with van der Waals surface area (Å²) in [6.45, 7) is 1.83. The number of carbonyl (C=O) groups is 1. The Bertz CT molecular complexity index is 413. The number of alkyl halides is 3. The van der Waals surface area contributed by atoms with Crippen LogP contribution in [0, 0.1) is 0 Å². The van der Waals surface area contributed by atoms with E-state index >= 15 is 0 Å². The maximum atomic E-state index is 11.9. The van der Waals surface area contributed by atoms with Gasteiger partial charge in [-0.3, -0.25) is 9.78 Å². The number of nitrogens with zero attached hydrogens (tertiary/aromatic N) is 1. The van der Waals surface area contributed by atoms with Crippen LogP contribution in [-0.4, -0.2) is 24.1 Å². The monoisotopic (exact) mass is 298 g/mol. The van der Waals surface area contributed by atoms with Crippen molar-refractivity contribution in [2.24, 2.45) is 5.73 Å². The molecule has 0 saturated heterocycles. The molecule has 0 aliphatic heterocycles. The third-order valence-corrected chi connectivity index (χ3v) is 2.18. The van der Waals surface area contributed by atoms with Gasteiger partial charge in [-0.15, -0.1) is 0 Å². The van der Waals surface area contributed by atoms with Crippen molar-refractivity contribution in [2.75, 3.05) is 7.11 Å². The molecule has 0 bridgehead atoms. The summed E-state index contributed by atoms with van der Waals surface area (Å²) in [6.07, 6.45) is -1.85. The normalized spacial score (nSPS) is 12.2. The van der Waals surface area contributed by atoms with E-state index in [9.17, 15) is 18.0 Å². The number of hydrogen-bond acceptors (Lipinski definition) is 4. The van der Waals surface area contributed by atoms with Gasteiger partial charge in [-0.1, -0.05) is 18.5 Å². The first-order valence-electron chi connectivity index (χ1n) is 5.23. The molecular formula is C11H14ClF3N2O2. The number of methoxy groups -OCH3 is 1. The second-order valence-corrected chi connectivity index (χ2v) is 3.86. The molecule has 1 unspecified atom stereocenters. The first-order chi connectivity index (χ1) is 8.72. The van der Waals surface area contributed by atoms with Crippen LogP contribution in [0.1, 0.15) is 18.9 Å². The van der Waals surface area contributed by atoms with Crippen LogP contribution >= 0.6 is 11.6 Å². The van der Waals surface area contributed by atoms with E-state index in [1.165, 1.54) is 7.11 Å². The molecule has 1 heterocycles. The Balaban J connectivity index is 0.000000362. The molecule has 0 amide bonds. The van der Waals surface area contributed by atoms with Gasteiger partial charge in [0.25, 0.3) is 0 Å². The molecule has 1 rings (SSSR count). The van der Waals surface area contributed by atoms with Gasteiger partial charge in [-0.2, -0.15) is 13.2 Å². The number of esters is 1. The molecule has 0 aliphatic rings. The fraction of sp³-hybridized carbons (Fsp3) is 0.455. The van der Waals surface area contributed by atoms with Crippen molar-refractivity contribution >= 4 is 17.6 Å². The molecule has 0 radical (unpaired) electrons. The van der Waals surface area contributed by atoms with Crippen LogP contribution in [-0.2, 0) is 15.7 Å². The van der Waals surface area contributed by atoms with E-state index < -0.39 is 17.8 Å². The molecular weight excluding hydrogens is 285 g/mol. The van der Waals surface area contributed by atoms with E-state index in [0.717, 1.165) is 18.5 Å². The first kappa shape index (κ1) is 17.7. The van der Waals surface area contributed by atoms with Crippen LogP contribution in [0.15, 0.2) is 18.5 Å². The van der Waals surface area contributed by atoms with E-state index in [1.807, 2.05) is 6.92 Å². The van der Waals surface area contributed by atoms with E-state index in [2.05, 4.69) is 9.72 Å². The second-order valence-electron chi connectivity index (χ2n) is 3.43. The minimum Gasteiger partial charge on any atom is -0.468 e. The summed E-state index contributed by atoms with van der Waals surface area (Å²) in [5.74, 6) is -0.340. The molecule has 0 aromatic carbocycles. The Hall–Kier alpha value is -1.34. The summed E-state index contributed by atoms with van der Waals surface area (Å²) >= 11 is 5.29. The lowest BCUT2D eigenvalue weighted by molar-refractivity contribution is -0.142. The highest BCUT2D eigenvalue weighted by Crippen LogP contribution is 2.29. The molecule has 0 spiro atoms. The fourth-order valence-corrected chi connectivity index (χ4v) is 1.06. The van der Waals surface area contributed by atoms with E-state index in [0.29, 0.717) is 6.42 Å². The van der Waals surface area contributed by atoms with Crippen LogP contribution < -0.4 is 5.73 Å². The molecule has 2 N–H and O–H groups in total. The molecule has 1 aromatic heterocycles. The number of halogens is 4. The van der Waals surface area contributed by atoms with E-state index in [-0.39, 0.29) is 11.0 Å². The predicted octanol–water partition coefficient (Wildman–Crippen LogP) is 2.65. The Labute approximate surface area is 113 Å². The van der Waals surface area contributed by atoms with Crippen molar-refractivity contribution in [1.82, 2.24) is 4.98 Å². The van der Waals surface area contributed by atoms with Gasteiger partial charge >= 0.3 is 12.1 Å². The molecule has 0 aliphatic carbocycles. The fourth-order valence-electron chi connectivity index (χ4n) is 0.885. The van der Waals surface area contributed by atoms with Crippen LogP contribution in [0.4, 0.5) is 13.2 Å². The molecule has 108 valence electrons. The highest BCUT2D eigenvalue weighted by Gasteiger charge is 2.30. The lowest BCUT2D eigenvalue weighted by Gasteiger charge is -2.04. The SMILES string of the molecule is CCC(N)C(=O)OC.FC(F)(F)c1cncc(Cl)c1. The van der Waals surface area contributed by atoms with Crippen LogP contribution in [0.25, 0.3) is 0 Å². The number of rotatable bonds is 2. The van der Waals surface area contributed by atoms with Gasteiger partial charge in [0.2, 0.25) is 0 Å². The molecule has 1 atom stereocenters. The summed E-state index contributed by atoms with van der Waals surface area (Å²) in [5.41, 5.74) is 4.42. The number of ether oxygens (including phenoxy) is 1. The summed E-state index contributed by atoms with van der Waals surface area (Å²) in [6, 6.07) is 0.383. The number of nitrogens with two attached hydrogens (primary N) is 1. The van der Waals surface area contributed by atoms with Crippen molar-refractivity contribution in [3.8, 4) is 0 Å². The molecule has 1 aromatic rings. The Morgan fingerprint density at radius 3 is 2.37 bits per heavy atom. The molecule has 4 nitrogen and oxygen atoms in total. The zero-order valence-corrected chi connectivity index (χ0v) is 11.1. The average Bonchev–Trinajstić information content (AvgIpc) is 2.36. The largest absolute Gasteiger partial charge is 0.468 e. The van der Waals surface area contributed by atoms with Gasteiger partial charge < -0.3 is 10.5 Å². The Morgan fingerprint density at radius 1 is 1.53 bits per heavy atom. The summed E-state index contributed by atoms with van der Waals surface area (Å²) in [4.78, 5) is 13.7. The number of hydrogen-bond donors (Lipinski definition) is 1. The van der Waals surface area contributed by atoms with Gasteiger partial charge in [-0.05, 0) is 12.5 Å². The zero-order valence-electron chi connectivity index (χ0n) is 10.4. The predicted molar refractivity (Wildman–Crippen MR) is 64.5 cm³/mol. The highest BCUT2D eigenvalue weighted by molar-refractivity contribution is 6.30. The topological polar surface area (TPSA) is 65.2 Å². The molecule has 19 heavy (non-hydrogen) atoms. The number of pyridine rings is 1. The standard InChI is InChI=1S/C6H3ClF3N.C5H11NO2/c7-5-1-4(2-11-3-5)6(8,9)10;1-3-4(6)5(7)8-2/h1-3H;4H,3,6H2,1-2H3. The van der Waals surface area contributed by atoms with Crippen LogP contribution in [0.2, 0.25) is 5.02 Å². The van der Waals surface area contributed by atoms with Crippen molar-refractivity contribution < 1.29 is 22.7 Å². The Morgan fingerprint density at radius 2 is 2.11 bits per heavy atom. The molecule has 0 fully saturated rings. The lowest BCUT2D eigenvalue weighted by Crippen LogP contribution is -2.30. The van der Waals surface area contributed by atoms with Crippen molar-refractivity contribution in [3.05, 3.63) is 29.0 Å². The van der Waals surface area contributed by atoms with E-state index in [4.69, 9.17) is 17.3 Å². The van der Waals surface area contributed by atoms with Gasteiger partial charge in [0.05, 0.1) is 17.7 Å². The highest BCUT2D eigenvalue weighted by atomic mass is 35.5. The lowest BCUT2D eigenvalue weighted by atomic mass is 10.2. The maximum Gasteiger partial charge on any atom is 0.417 e. The van der Waals surface area contributed by atoms with Crippen molar-refractivity contribution in [3.63, 3.8) is 0 Å². The molecule has 8 heteroatoms. The first-order valence-corrected chi connectivity index (χ1v) is 5.61. The average molecular weight is 299 g/mol. The van der Waals surface area contributed by atoms with Gasteiger partial charge in [0.1, 0.15) is 6.04 Å². The van der Waals surface area contributed by atoms with E-state index in [1.54, 1.807) is 0 Å².